The van der Waals surface area contributed by atoms with Crippen LogP contribution in [0.25, 0.3) is 10.2 Å². The van der Waals surface area contributed by atoms with E-state index in [1.807, 2.05) is 12.1 Å². The Morgan fingerprint density at radius 2 is 1.90 bits per heavy atom. The van der Waals surface area contributed by atoms with E-state index in [4.69, 9.17) is 16.3 Å². The Kier molecular flexibility index (Phi) is 5.40. The molecule has 2 aromatic carbocycles. The van der Waals surface area contributed by atoms with E-state index >= 15 is 0 Å². The first kappa shape index (κ1) is 20.0. The van der Waals surface area contributed by atoms with E-state index in [-0.39, 0.29) is 11.7 Å². The van der Waals surface area contributed by atoms with Gasteiger partial charge in [0.05, 0.1) is 15.3 Å². The van der Waals surface area contributed by atoms with E-state index in [9.17, 15) is 18.0 Å². The maximum absolute atomic E-state index is 12.9. The number of likely N-dealkylation sites (tertiary alicyclic amines) is 1. The summed E-state index contributed by atoms with van der Waals surface area (Å²) in [5.74, 6) is -0.402. The van der Waals surface area contributed by atoms with E-state index in [1.165, 1.54) is 23.5 Å². The second-order valence-corrected chi connectivity index (χ2v) is 8.15. The predicted molar refractivity (Wildman–Crippen MR) is 106 cm³/mol. The number of piperidine rings is 1. The number of hydrogen-bond donors (Lipinski definition) is 0. The number of ether oxygens (including phenoxy) is 1. The van der Waals surface area contributed by atoms with Gasteiger partial charge in [0.25, 0.3) is 11.1 Å². The minimum atomic E-state index is -4.47. The summed E-state index contributed by atoms with van der Waals surface area (Å²) in [6.45, 7) is 0.816. The number of para-hydroxylation sites is 1. The Morgan fingerprint density at radius 3 is 2.59 bits per heavy atom. The molecule has 1 fully saturated rings. The lowest BCUT2D eigenvalue weighted by molar-refractivity contribution is -0.137. The molecule has 1 aliphatic heterocycles. The Morgan fingerprint density at radius 1 is 1.17 bits per heavy atom. The number of carbonyl (C=O) groups excluding carboxylic acids is 1. The van der Waals surface area contributed by atoms with Gasteiger partial charge in [0, 0.05) is 31.5 Å². The molecule has 0 bridgehead atoms. The highest BCUT2D eigenvalue weighted by Gasteiger charge is 2.32. The van der Waals surface area contributed by atoms with Crippen molar-refractivity contribution < 1.29 is 22.7 Å². The zero-order valence-electron chi connectivity index (χ0n) is 15.1. The van der Waals surface area contributed by atoms with E-state index in [2.05, 4.69) is 4.98 Å². The van der Waals surface area contributed by atoms with Gasteiger partial charge >= 0.3 is 6.18 Å². The molecule has 0 N–H and O–H groups in total. The van der Waals surface area contributed by atoms with Gasteiger partial charge in [0.1, 0.15) is 11.6 Å². The smallest absolute Gasteiger partial charge is 0.416 e. The summed E-state index contributed by atoms with van der Waals surface area (Å²) in [7, 11) is 0. The molecule has 1 aromatic heterocycles. The zero-order chi connectivity index (χ0) is 20.6. The summed E-state index contributed by atoms with van der Waals surface area (Å²) in [5, 5.41) is 1.09. The van der Waals surface area contributed by atoms with Crippen LogP contribution in [0.3, 0.4) is 0 Å². The average Bonchev–Trinajstić information content (AvgIpc) is 3.11. The van der Waals surface area contributed by atoms with Crippen LogP contribution in [0.4, 0.5) is 13.2 Å². The molecule has 0 atom stereocenters. The van der Waals surface area contributed by atoms with Gasteiger partial charge in [0.15, 0.2) is 0 Å². The molecule has 0 aliphatic carbocycles. The molecule has 4 nitrogen and oxygen atoms in total. The van der Waals surface area contributed by atoms with Crippen molar-refractivity contribution in [2.24, 2.45) is 0 Å². The van der Waals surface area contributed by atoms with E-state index in [0.29, 0.717) is 41.7 Å². The van der Waals surface area contributed by atoms with Crippen LogP contribution in [0.2, 0.25) is 5.02 Å². The highest BCUT2D eigenvalue weighted by atomic mass is 35.5. The van der Waals surface area contributed by atoms with Gasteiger partial charge in [-0.25, -0.2) is 4.98 Å². The molecule has 1 aliphatic rings. The second-order valence-electron chi connectivity index (χ2n) is 6.75. The van der Waals surface area contributed by atoms with Crippen LogP contribution in [0.1, 0.15) is 28.8 Å². The number of hydrogen-bond acceptors (Lipinski definition) is 4. The van der Waals surface area contributed by atoms with Gasteiger partial charge < -0.3 is 9.64 Å². The molecule has 0 radical (unpaired) electrons. The molecular weight excluding hydrogens is 425 g/mol. The highest BCUT2D eigenvalue weighted by molar-refractivity contribution is 7.20. The largest absolute Gasteiger partial charge is 0.467 e. The van der Waals surface area contributed by atoms with Gasteiger partial charge in [-0.15, -0.1) is 0 Å². The molecule has 2 heterocycles. The Balaban J connectivity index is 1.39. The quantitative estimate of drug-likeness (QED) is 0.528. The van der Waals surface area contributed by atoms with Gasteiger partial charge in [-0.2, -0.15) is 13.2 Å². The Bertz CT molecular complexity index is 1050. The van der Waals surface area contributed by atoms with Crippen LogP contribution >= 0.6 is 22.9 Å². The summed E-state index contributed by atoms with van der Waals surface area (Å²) < 4.78 is 45.5. The third-order valence-corrected chi connectivity index (χ3v) is 6.00. The fourth-order valence-electron chi connectivity index (χ4n) is 3.28. The molecule has 1 saturated heterocycles. The zero-order valence-corrected chi connectivity index (χ0v) is 16.7. The van der Waals surface area contributed by atoms with Crippen molar-refractivity contribution in [1.82, 2.24) is 9.88 Å². The van der Waals surface area contributed by atoms with E-state index in [1.54, 1.807) is 11.0 Å². The van der Waals surface area contributed by atoms with E-state index in [0.717, 1.165) is 16.8 Å². The minimum absolute atomic E-state index is 0.0417. The maximum Gasteiger partial charge on any atom is 0.416 e. The van der Waals surface area contributed by atoms with Crippen molar-refractivity contribution in [3.8, 4) is 5.19 Å². The third-order valence-electron chi connectivity index (χ3n) is 4.78. The normalized spacial score (nSPS) is 15.7. The van der Waals surface area contributed by atoms with Crippen LogP contribution in [0.5, 0.6) is 5.19 Å². The van der Waals surface area contributed by atoms with Gasteiger partial charge in [-0.3, -0.25) is 4.79 Å². The van der Waals surface area contributed by atoms with Crippen molar-refractivity contribution in [2.75, 3.05) is 13.1 Å². The molecule has 0 unspecified atom stereocenters. The summed E-state index contributed by atoms with van der Waals surface area (Å²) in [6, 6.07) is 10.1. The molecule has 9 heteroatoms. The first-order valence-corrected chi connectivity index (χ1v) is 10.2. The second kappa shape index (κ2) is 7.84. The number of carbonyl (C=O) groups is 1. The number of alkyl halides is 3. The SMILES string of the molecule is O=C(c1cccc(C(F)(F)F)c1)N1CCC(Oc2nc3c(Cl)cccc3s2)CC1. The van der Waals surface area contributed by atoms with Crippen LogP contribution in [0.15, 0.2) is 42.5 Å². The molecule has 4 rings (SSSR count). The monoisotopic (exact) mass is 440 g/mol. The van der Waals surface area contributed by atoms with Crippen molar-refractivity contribution >= 4 is 39.1 Å². The molecule has 152 valence electrons. The van der Waals surface area contributed by atoms with Crippen molar-refractivity contribution in [2.45, 2.75) is 25.1 Å². The molecule has 3 aromatic rings. The number of nitrogens with zero attached hydrogens (tertiary/aromatic N) is 2. The van der Waals surface area contributed by atoms with Crippen LogP contribution < -0.4 is 4.74 Å². The lowest BCUT2D eigenvalue weighted by Gasteiger charge is -2.31. The topological polar surface area (TPSA) is 42.4 Å². The Labute approximate surface area is 173 Å². The van der Waals surface area contributed by atoms with Crippen molar-refractivity contribution in [3.05, 3.63) is 58.6 Å². The maximum atomic E-state index is 12.9. The number of benzene rings is 2. The molecular formula is C20H16ClF3N2O2S. The average molecular weight is 441 g/mol. The summed E-state index contributed by atoms with van der Waals surface area (Å²) >= 11 is 7.55. The fraction of sp³-hybridized carbons (Fsp3) is 0.300. The Hall–Kier alpha value is -2.32. The minimum Gasteiger partial charge on any atom is -0.467 e. The number of fused-ring (bicyclic) bond motifs is 1. The summed E-state index contributed by atoms with van der Waals surface area (Å²) in [5.41, 5.74) is -0.0811. The number of halogens is 4. The number of thiazole rings is 1. The lowest BCUT2D eigenvalue weighted by atomic mass is 10.0. The lowest BCUT2D eigenvalue weighted by Crippen LogP contribution is -2.41. The third kappa shape index (κ3) is 4.33. The predicted octanol–water partition coefficient (Wildman–Crippen LogP) is 5.65. The molecule has 0 saturated carbocycles. The standard InChI is InChI=1S/C20H16ClF3N2O2S/c21-15-5-2-6-16-17(15)25-19(29-16)28-14-7-9-26(10-8-14)18(27)12-3-1-4-13(11-12)20(22,23)24/h1-6,11,14H,7-10H2. The number of rotatable bonds is 3. The molecule has 1 amide bonds. The van der Waals surface area contributed by atoms with Crippen molar-refractivity contribution in [3.63, 3.8) is 0 Å². The van der Waals surface area contributed by atoms with Crippen LogP contribution in [0, 0.1) is 0 Å². The number of amides is 1. The molecule has 0 spiro atoms. The summed E-state index contributed by atoms with van der Waals surface area (Å²) in [4.78, 5) is 18.6. The summed E-state index contributed by atoms with van der Waals surface area (Å²) in [6.07, 6.45) is -3.43. The van der Waals surface area contributed by atoms with Crippen LogP contribution in [-0.4, -0.2) is 35.0 Å². The highest BCUT2D eigenvalue weighted by Crippen LogP contribution is 2.34. The first-order chi connectivity index (χ1) is 13.8. The number of aromatic nitrogens is 1. The van der Waals surface area contributed by atoms with Gasteiger partial charge in [-0.05, 0) is 30.3 Å². The van der Waals surface area contributed by atoms with Gasteiger partial charge in [0.2, 0.25) is 0 Å². The van der Waals surface area contributed by atoms with E-state index < -0.39 is 17.6 Å². The van der Waals surface area contributed by atoms with Crippen LogP contribution in [-0.2, 0) is 6.18 Å². The van der Waals surface area contributed by atoms with Gasteiger partial charge in [-0.1, -0.05) is 35.1 Å². The first-order valence-electron chi connectivity index (χ1n) is 8.99. The van der Waals surface area contributed by atoms with Crippen molar-refractivity contribution in [1.29, 1.82) is 0 Å². The molecule has 29 heavy (non-hydrogen) atoms. The fourth-order valence-corrected chi connectivity index (χ4v) is 4.46.